The molecule has 0 saturated heterocycles. The molecule has 0 unspecified atom stereocenters. The van der Waals surface area contributed by atoms with E-state index in [1.54, 1.807) is 6.92 Å². The second kappa shape index (κ2) is 5.68. The Balaban J connectivity index is 1.97. The fraction of sp³-hybridized carbons (Fsp3) is 0.231. The molecule has 0 aliphatic carbocycles. The highest BCUT2D eigenvalue weighted by atomic mass is 19.1. The molecule has 1 aromatic heterocycles. The van der Waals surface area contributed by atoms with Crippen LogP contribution >= 0.6 is 0 Å². The van der Waals surface area contributed by atoms with Crippen LogP contribution in [0, 0.1) is 18.6 Å². The molecule has 7 heteroatoms. The molecule has 0 spiro atoms. The molecular formula is C13H13F2N3O2. The van der Waals surface area contributed by atoms with E-state index in [1.165, 1.54) is 12.1 Å². The number of aromatic nitrogens is 2. The quantitative estimate of drug-likeness (QED) is 0.800. The summed E-state index contributed by atoms with van der Waals surface area (Å²) in [6, 6.07) is 3.11. The number of nitrogens with one attached hydrogen (secondary N) is 3. The summed E-state index contributed by atoms with van der Waals surface area (Å²) in [5.41, 5.74) is 0.630. The Morgan fingerprint density at radius 2 is 1.85 bits per heavy atom. The molecule has 106 valence electrons. The van der Waals surface area contributed by atoms with Gasteiger partial charge in [0.1, 0.15) is 17.3 Å². The average Bonchev–Trinajstić information content (AvgIpc) is 2.67. The first-order chi connectivity index (χ1) is 9.45. The number of anilines is 1. The van der Waals surface area contributed by atoms with Crippen LogP contribution in [0.3, 0.4) is 0 Å². The van der Waals surface area contributed by atoms with E-state index < -0.39 is 23.1 Å². The van der Waals surface area contributed by atoms with Gasteiger partial charge >= 0.3 is 0 Å². The van der Waals surface area contributed by atoms with Crippen LogP contribution in [0.2, 0.25) is 0 Å². The molecule has 0 bridgehead atoms. The van der Waals surface area contributed by atoms with Crippen molar-refractivity contribution in [3.8, 4) is 0 Å². The number of benzene rings is 1. The van der Waals surface area contributed by atoms with Crippen LogP contribution in [-0.2, 0) is 11.2 Å². The van der Waals surface area contributed by atoms with Crippen molar-refractivity contribution in [1.29, 1.82) is 0 Å². The first-order valence-corrected chi connectivity index (χ1v) is 5.98. The monoisotopic (exact) mass is 281 g/mol. The molecule has 1 aromatic carbocycles. The smallest absolute Gasteiger partial charge is 0.287 e. The van der Waals surface area contributed by atoms with Gasteiger partial charge in [0.2, 0.25) is 5.91 Å². The van der Waals surface area contributed by atoms with Gasteiger partial charge in [-0.3, -0.25) is 14.7 Å². The van der Waals surface area contributed by atoms with E-state index in [2.05, 4.69) is 15.5 Å². The number of carbonyl (C=O) groups excluding carboxylic acids is 1. The molecule has 0 fully saturated rings. The Morgan fingerprint density at radius 3 is 2.40 bits per heavy atom. The minimum Gasteiger partial charge on any atom is -0.320 e. The SMILES string of the molecule is Cc1[nH][nH]c(=O)c1NC(=O)CCc1cc(F)cc(F)c1. The van der Waals surface area contributed by atoms with Gasteiger partial charge < -0.3 is 10.4 Å². The van der Waals surface area contributed by atoms with Crippen LogP contribution in [0.5, 0.6) is 0 Å². The predicted octanol–water partition coefficient (Wildman–Crippen LogP) is 1.86. The van der Waals surface area contributed by atoms with E-state index in [0.29, 0.717) is 11.3 Å². The average molecular weight is 281 g/mol. The number of hydrogen-bond donors (Lipinski definition) is 3. The van der Waals surface area contributed by atoms with Crippen molar-refractivity contribution in [3.63, 3.8) is 0 Å². The maximum atomic E-state index is 13.0. The van der Waals surface area contributed by atoms with E-state index in [4.69, 9.17) is 0 Å². The van der Waals surface area contributed by atoms with Crippen LogP contribution in [-0.4, -0.2) is 16.1 Å². The molecule has 1 amide bonds. The van der Waals surface area contributed by atoms with Crippen LogP contribution in [0.15, 0.2) is 23.0 Å². The van der Waals surface area contributed by atoms with Gasteiger partial charge in [0.15, 0.2) is 0 Å². The van der Waals surface area contributed by atoms with E-state index in [1.807, 2.05) is 0 Å². The Bertz CT molecular complexity index is 671. The van der Waals surface area contributed by atoms with Crippen molar-refractivity contribution >= 4 is 11.6 Å². The third kappa shape index (κ3) is 3.31. The molecule has 3 N–H and O–H groups in total. The van der Waals surface area contributed by atoms with E-state index >= 15 is 0 Å². The molecule has 1 heterocycles. The standard InChI is InChI=1S/C13H13F2N3O2/c1-7-12(13(20)18-17-7)16-11(19)3-2-8-4-9(14)6-10(15)5-8/h4-6H,2-3H2,1H3,(H,16,19)(H2,17,18,20). The number of amides is 1. The molecule has 0 aliphatic rings. The lowest BCUT2D eigenvalue weighted by Gasteiger charge is -2.04. The fourth-order valence-corrected chi connectivity index (χ4v) is 1.81. The Morgan fingerprint density at radius 1 is 1.20 bits per heavy atom. The van der Waals surface area contributed by atoms with Crippen LogP contribution in [0.1, 0.15) is 17.7 Å². The Hall–Kier alpha value is -2.44. The van der Waals surface area contributed by atoms with Crippen molar-refractivity contribution in [3.05, 3.63) is 51.4 Å². The van der Waals surface area contributed by atoms with Crippen LogP contribution in [0.4, 0.5) is 14.5 Å². The summed E-state index contributed by atoms with van der Waals surface area (Å²) in [5.74, 6) is -1.76. The Kier molecular flexibility index (Phi) is 3.97. The number of hydrogen-bond acceptors (Lipinski definition) is 2. The zero-order valence-electron chi connectivity index (χ0n) is 10.7. The number of rotatable bonds is 4. The normalized spacial score (nSPS) is 10.6. The predicted molar refractivity (Wildman–Crippen MR) is 69.5 cm³/mol. The minimum atomic E-state index is -0.682. The molecule has 20 heavy (non-hydrogen) atoms. The van der Waals surface area contributed by atoms with Crippen molar-refractivity contribution in [2.75, 3.05) is 5.32 Å². The lowest BCUT2D eigenvalue weighted by atomic mass is 10.1. The van der Waals surface area contributed by atoms with Gasteiger partial charge in [-0.1, -0.05) is 0 Å². The number of aryl methyl sites for hydroxylation is 2. The Labute approximate surface area is 113 Å². The first kappa shape index (κ1) is 14.0. The van der Waals surface area contributed by atoms with Crippen molar-refractivity contribution in [1.82, 2.24) is 10.2 Å². The number of aromatic amines is 2. The van der Waals surface area contributed by atoms with E-state index in [0.717, 1.165) is 6.07 Å². The molecule has 2 aromatic rings. The molecular weight excluding hydrogens is 268 g/mol. The van der Waals surface area contributed by atoms with Crippen molar-refractivity contribution in [2.45, 2.75) is 19.8 Å². The highest BCUT2D eigenvalue weighted by molar-refractivity contribution is 5.91. The lowest BCUT2D eigenvalue weighted by molar-refractivity contribution is -0.116. The zero-order chi connectivity index (χ0) is 14.7. The van der Waals surface area contributed by atoms with E-state index in [9.17, 15) is 18.4 Å². The van der Waals surface area contributed by atoms with Crippen LogP contribution < -0.4 is 10.9 Å². The second-order valence-electron chi connectivity index (χ2n) is 4.40. The molecule has 2 rings (SSSR count). The molecule has 0 aliphatic heterocycles. The third-order valence-electron chi connectivity index (χ3n) is 2.79. The summed E-state index contributed by atoms with van der Waals surface area (Å²) in [7, 11) is 0. The number of halogens is 2. The summed E-state index contributed by atoms with van der Waals surface area (Å²) in [5, 5.41) is 7.37. The van der Waals surface area contributed by atoms with Gasteiger partial charge in [0, 0.05) is 12.5 Å². The summed E-state index contributed by atoms with van der Waals surface area (Å²) >= 11 is 0. The van der Waals surface area contributed by atoms with Gasteiger partial charge in [0.25, 0.3) is 5.56 Å². The van der Waals surface area contributed by atoms with Gasteiger partial charge in [-0.05, 0) is 31.0 Å². The molecule has 5 nitrogen and oxygen atoms in total. The lowest BCUT2D eigenvalue weighted by Crippen LogP contribution is -2.17. The highest BCUT2D eigenvalue weighted by Crippen LogP contribution is 2.11. The van der Waals surface area contributed by atoms with Crippen molar-refractivity contribution < 1.29 is 13.6 Å². The van der Waals surface area contributed by atoms with Gasteiger partial charge in [0.05, 0.1) is 5.69 Å². The summed E-state index contributed by atoms with van der Waals surface area (Å²) < 4.78 is 25.9. The van der Waals surface area contributed by atoms with Gasteiger partial charge in [-0.15, -0.1) is 0 Å². The fourth-order valence-electron chi connectivity index (χ4n) is 1.81. The zero-order valence-corrected chi connectivity index (χ0v) is 10.7. The maximum absolute atomic E-state index is 13.0. The molecule has 0 saturated carbocycles. The molecule has 0 atom stereocenters. The summed E-state index contributed by atoms with van der Waals surface area (Å²) in [4.78, 5) is 23.0. The summed E-state index contributed by atoms with van der Waals surface area (Å²) in [6.45, 7) is 1.63. The topological polar surface area (TPSA) is 77.8 Å². The van der Waals surface area contributed by atoms with Gasteiger partial charge in [-0.2, -0.15) is 0 Å². The van der Waals surface area contributed by atoms with Gasteiger partial charge in [-0.25, -0.2) is 8.78 Å². The maximum Gasteiger partial charge on any atom is 0.287 e. The third-order valence-corrected chi connectivity index (χ3v) is 2.79. The van der Waals surface area contributed by atoms with Crippen molar-refractivity contribution in [2.24, 2.45) is 0 Å². The largest absolute Gasteiger partial charge is 0.320 e. The van der Waals surface area contributed by atoms with E-state index in [-0.39, 0.29) is 18.5 Å². The minimum absolute atomic E-state index is 0.0208. The number of H-pyrrole nitrogens is 2. The first-order valence-electron chi connectivity index (χ1n) is 5.98. The second-order valence-corrected chi connectivity index (χ2v) is 4.40. The van der Waals surface area contributed by atoms with Crippen LogP contribution in [0.25, 0.3) is 0 Å². The highest BCUT2D eigenvalue weighted by Gasteiger charge is 2.10. The summed E-state index contributed by atoms with van der Waals surface area (Å²) in [6.07, 6.45) is 0.203. The molecule has 0 radical (unpaired) electrons. The number of carbonyl (C=O) groups is 1.